The lowest BCUT2D eigenvalue weighted by Gasteiger charge is -2.31. The summed E-state index contributed by atoms with van der Waals surface area (Å²) in [6, 6.07) is 0. The molecule has 0 radical (unpaired) electrons. The summed E-state index contributed by atoms with van der Waals surface area (Å²) in [6.45, 7) is 4.46. The number of hydrogen-bond donors (Lipinski definition) is 12. The number of carbonyl (C=O) groups is 12. The number of rotatable bonds is 22. The summed E-state index contributed by atoms with van der Waals surface area (Å²) in [4.78, 5) is 117. The van der Waals surface area contributed by atoms with Crippen molar-refractivity contribution in [2.75, 3.05) is 52.9 Å². The van der Waals surface area contributed by atoms with Crippen molar-refractivity contribution in [1.29, 1.82) is 0 Å². The fourth-order valence-corrected chi connectivity index (χ4v) is 2.34. The van der Waals surface area contributed by atoms with Crippen LogP contribution in [-0.2, 0) is 62.3 Å². The molecule has 0 aromatic rings. The van der Waals surface area contributed by atoms with Gasteiger partial charge in [-0.15, -0.1) is 0 Å². The van der Waals surface area contributed by atoms with Crippen LogP contribution in [0.15, 0.2) is 0 Å². The summed E-state index contributed by atoms with van der Waals surface area (Å²) in [7, 11) is 0. The Labute approximate surface area is 337 Å². The van der Waals surface area contributed by atoms with Gasteiger partial charge in [0.1, 0.15) is 73.2 Å². The molecule has 0 aliphatic heterocycles. The molecule has 0 aromatic carbocycles. The Kier molecular flexibility index (Phi) is 48.8. The van der Waals surface area contributed by atoms with Gasteiger partial charge < -0.3 is 66.0 Å². The molecule has 25 nitrogen and oxygen atoms in total. The first-order valence-electron chi connectivity index (χ1n) is 16.3. The Morgan fingerprint density at radius 3 is 0.475 bits per heavy atom. The molecule has 0 saturated heterocycles. The van der Waals surface area contributed by atoms with E-state index in [1.165, 1.54) is 41.5 Å². The molecule has 0 unspecified atom stereocenters. The van der Waals surface area contributed by atoms with Crippen LogP contribution in [0.25, 0.3) is 0 Å². The first-order chi connectivity index (χ1) is 26.8. The molecule has 59 heavy (non-hydrogen) atoms. The van der Waals surface area contributed by atoms with Gasteiger partial charge >= 0.3 is 35.8 Å². The van der Waals surface area contributed by atoms with Crippen molar-refractivity contribution in [3.8, 4) is 0 Å². The van der Waals surface area contributed by atoms with E-state index < -0.39 is 86.3 Å². The molecule has 0 heterocycles. The Morgan fingerprint density at radius 1 is 0.305 bits per heavy atom. The number of carbonyl (C=O) groups excluding carboxylic acids is 6. The van der Waals surface area contributed by atoms with Crippen molar-refractivity contribution in [3.63, 3.8) is 0 Å². The third-order valence-corrected chi connectivity index (χ3v) is 5.23. The number of carboxylic acid groups (broad SMARTS) is 6. The topological polar surface area (TPSA) is 457 Å². The van der Waals surface area contributed by atoms with Gasteiger partial charge in [0.25, 0.3) is 0 Å². The zero-order chi connectivity index (χ0) is 48.5. The largest absolute Gasteiger partial charge is 0.481 e. The highest BCUT2D eigenvalue weighted by molar-refractivity contribution is 5.95. The van der Waals surface area contributed by atoms with Crippen LogP contribution in [0, 0.1) is 10.8 Å². The van der Waals surface area contributed by atoms with Crippen LogP contribution in [0.2, 0.25) is 0 Å². The van der Waals surface area contributed by atoms with Crippen molar-refractivity contribution < 1.29 is 124 Å². The van der Waals surface area contributed by atoms with E-state index >= 15 is 0 Å². The SMILES string of the molecule is CC(=O)CC(=O)O.CC(=O)CC(=O)O.CC(=O)CC(=O)O.CC(=O)CC(=O)O.CC(=O)CC(=O)O.CC(=O)CC(=O)O.OCC(CO)(CO)COCC(CO)(CO)CO. The third kappa shape index (κ3) is 67.7. The quantitative estimate of drug-likeness (QED) is 0.0490. The van der Waals surface area contributed by atoms with Crippen molar-refractivity contribution in [3.05, 3.63) is 0 Å². The second-order valence-electron chi connectivity index (χ2n) is 12.1. The van der Waals surface area contributed by atoms with Gasteiger partial charge in [-0.3, -0.25) is 57.5 Å². The van der Waals surface area contributed by atoms with Crippen molar-refractivity contribution in [2.24, 2.45) is 10.8 Å². The fraction of sp³-hybridized carbons (Fsp3) is 0.647. The van der Waals surface area contributed by atoms with E-state index in [9.17, 15) is 57.5 Å². The predicted molar refractivity (Wildman–Crippen MR) is 196 cm³/mol. The predicted octanol–water partition coefficient (Wildman–Crippen LogP) is -2.77. The lowest BCUT2D eigenvalue weighted by molar-refractivity contribution is -0.141. The van der Waals surface area contributed by atoms with Gasteiger partial charge in [-0.05, 0) is 41.5 Å². The number of ether oxygens (including phenoxy) is 1. The smallest absolute Gasteiger partial charge is 0.310 e. The van der Waals surface area contributed by atoms with Crippen LogP contribution in [0.4, 0.5) is 0 Å². The number of Topliss-reactive ketones (excluding diaryl/α,β-unsaturated/α-hetero) is 6. The van der Waals surface area contributed by atoms with Gasteiger partial charge in [-0.25, -0.2) is 0 Å². The summed E-state index contributed by atoms with van der Waals surface area (Å²) >= 11 is 0. The number of aliphatic carboxylic acids is 6. The summed E-state index contributed by atoms with van der Waals surface area (Å²) in [5.41, 5.74) is -2.32. The number of carboxylic acids is 6. The average Bonchev–Trinajstić information content (AvgIpc) is 3.03. The number of hydrogen-bond acceptors (Lipinski definition) is 19. The van der Waals surface area contributed by atoms with Crippen LogP contribution in [0.5, 0.6) is 0 Å². The second kappa shape index (κ2) is 42.2. The first kappa shape index (κ1) is 68.3. The fourth-order valence-electron chi connectivity index (χ4n) is 2.34. The maximum absolute atomic E-state index is 9.87. The minimum absolute atomic E-state index is 0.141. The van der Waals surface area contributed by atoms with E-state index in [1.54, 1.807) is 0 Å². The molecule has 12 N–H and O–H groups in total. The van der Waals surface area contributed by atoms with E-state index in [1.807, 2.05) is 0 Å². The highest BCUT2D eigenvalue weighted by Crippen LogP contribution is 2.19. The Hall–Kier alpha value is -5.44. The summed E-state index contributed by atoms with van der Waals surface area (Å²) < 4.78 is 5.15. The van der Waals surface area contributed by atoms with Gasteiger partial charge in [0, 0.05) is 0 Å². The van der Waals surface area contributed by atoms with Crippen LogP contribution in [-0.4, -0.2) is 185 Å². The maximum Gasteiger partial charge on any atom is 0.310 e. The Balaban J connectivity index is -0.000000112. The van der Waals surface area contributed by atoms with Crippen molar-refractivity contribution >= 4 is 70.5 Å². The van der Waals surface area contributed by atoms with E-state index in [0.717, 1.165) is 0 Å². The normalized spacial score (nSPS) is 9.56. The molecule has 0 amide bonds. The molecule has 25 heteroatoms. The number of ketones is 6. The molecule has 0 bridgehead atoms. The van der Waals surface area contributed by atoms with E-state index in [0.29, 0.717) is 0 Å². The molecule has 0 atom stereocenters. The van der Waals surface area contributed by atoms with Crippen LogP contribution >= 0.6 is 0 Å². The zero-order valence-corrected chi connectivity index (χ0v) is 33.6. The second-order valence-corrected chi connectivity index (χ2v) is 12.1. The Morgan fingerprint density at radius 2 is 0.424 bits per heavy atom. The highest BCUT2D eigenvalue weighted by atomic mass is 16.5. The van der Waals surface area contributed by atoms with E-state index in [2.05, 4.69) is 0 Å². The van der Waals surface area contributed by atoms with Crippen LogP contribution in [0.1, 0.15) is 80.1 Å². The number of aliphatic hydroxyl groups is 6. The van der Waals surface area contributed by atoms with E-state index in [-0.39, 0.29) is 86.4 Å². The van der Waals surface area contributed by atoms with Crippen molar-refractivity contribution in [1.82, 2.24) is 0 Å². The maximum atomic E-state index is 9.87. The summed E-state index contributed by atoms with van der Waals surface area (Å²) in [5, 5.41) is 101. The first-order valence-corrected chi connectivity index (χ1v) is 16.3. The standard InChI is InChI=1S/C10H22O7.6C4H6O3/c11-1-9(2-12,3-13)7-17-8-10(4-14,5-15)6-16;6*1-3(5)2-4(6)7/h11-16H,1-8H2;6*2H2,1H3,(H,6,7). The van der Waals surface area contributed by atoms with Gasteiger partial charge in [0.05, 0.1) is 63.7 Å². The lowest BCUT2D eigenvalue weighted by Crippen LogP contribution is -2.43. The molecule has 0 aliphatic carbocycles. The van der Waals surface area contributed by atoms with Crippen LogP contribution in [0.3, 0.4) is 0 Å². The monoisotopic (exact) mass is 866 g/mol. The molecular formula is C34H58O25. The summed E-state index contributed by atoms with van der Waals surface area (Å²) in [6.07, 6.45) is -2.17. The molecular weight excluding hydrogens is 808 g/mol. The van der Waals surface area contributed by atoms with Gasteiger partial charge in [0.2, 0.25) is 0 Å². The molecule has 344 valence electrons. The van der Waals surface area contributed by atoms with E-state index in [4.69, 9.17) is 66.0 Å². The third-order valence-electron chi connectivity index (χ3n) is 5.23. The zero-order valence-electron chi connectivity index (χ0n) is 33.6. The molecule has 0 spiro atoms. The van der Waals surface area contributed by atoms with Gasteiger partial charge in [-0.2, -0.15) is 0 Å². The van der Waals surface area contributed by atoms with Gasteiger partial charge in [0.15, 0.2) is 0 Å². The van der Waals surface area contributed by atoms with Crippen LogP contribution < -0.4 is 0 Å². The van der Waals surface area contributed by atoms with Crippen molar-refractivity contribution in [2.45, 2.75) is 80.1 Å². The molecule has 0 aliphatic rings. The Bertz CT molecular complexity index is 1000. The minimum atomic E-state index is -1.16. The average molecular weight is 867 g/mol. The highest BCUT2D eigenvalue weighted by Gasteiger charge is 2.32. The molecule has 0 saturated carbocycles. The minimum Gasteiger partial charge on any atom is -0.481 e. The molecule has 0 rings (SSSR count). The van der Waals surface area contributed by atoms with Gasteiger partial charge in [-0.1, -0.05) is 0 Å². The summed E-state index contributed by atoms with van der Waals surface area (Å²) in [5.74, 6) is -8.25. The lowest BCUT2D eigenvalue weighted by atomic mass is 9.91. The number of aliphatic hydroxyl groups excluding tert-OH is 6. The molecule has 0 aromatic heterocycles. The molecule has 0 fully saturated rings.